The first-order chi connectivity index (χ1) is 8.79. The lowest BCUT2D eigenvalue weighted by Gasteiger charge is -2.30. The molecule has 0 radical (unpaired) electrons. The molecule has 1 aromatic heterocycles. The molecule has 104 valence electrons. The standard InChI is InChI=1S/C15H22N2O2/c1-15(2,3)14(19)12(16)6-9-8-17-13-5-4-10(18)7-11(9)13/h4-5,7-8,12,14,17-19H,6,16H2,1-3H3/t12-,14?/m0/s1. The van der Waals surface area contributed by atoms with E-state index in [4.69, 9.17) is 5.73 Å². The molecule has 1 heterocycles. The molecule has 0 fully saturated rings. The molecule has 2 rings (SSSR count). The van der Waals surface area contributed by atoms with Crippen molar-refractivity contribution < 1.29 is 10.2 Å². The van der Waals surface area contributed by atoms with E-state index in [1.165, 1.54) is 0 Å². The Hall–Kier alpha value is -1.52. The molecular formula is C15H22N2O2. The number of benzene rings is 1. The number of aliphatic hydroxyl groups excluding tert-OH is 1. The second-order valence-corrected chi connectivity index (χ2v) is 6.22. The number of aromatic amines is 1. The minimum absolute atomic E-state index is 0.235. The van der Waals surface area contributed by atoms with Crippen molar-refractivity contribution in [1.29, 1.82) is 0 Å². The molecule has 0 amide bonds. The van der Waals surface area contributed by atoms with Gasteiger partial charge in [-0.15, -0.1) is 0 Å². The zero-order chi connectivity index (χ0) is 14.2. The molecule has 4 nitrogen and oxygen atoms in total. The number of H-pyrrole nitrogens is 1. The minimum atomic E-state index is -0.574. The van der Waals surface area contributed by atoms with E-state index in [0.717, 1.165) is 16.5 Å². The summed E-state index contributed by atoms with van der Waals surface area (Å²) in [4.78, 5) is 3.15. The van der Waals surface area contributed by atoms with Crippen LogP contribution in [-0.2, 0) is 6.42 Å². The Bertz CT molecular complexity index is 569. The smallest absolute Gasteiger partial charge is 0.116 e. The Kier molecular flexibility index (Phi) is 3.56. The van der Waals surface area contributed by atoms with Crippen molar-refractivity contribution in [1.82, 2.24) is 4.98 Å². The van der Waals surface area contributed by atoms with Gasteiger partial charge in [0.15, 0.2) is 0 Å². The second-order valence-electron chi connectivity index (χ2n) is 6.22. The third-order valence-corrected chi connectivity index (χ3v) is 3.50. The van der Waals surface area contributed by atoms with Crippen LogP contribution in [0.15, 0.2) is 24.4 Å². The average molecular weight is 262 g/mol. The number of phenols is 1. The first kappa shape index (κ1) is 13.9. The first-order valence-electron chi connectivity index (χ1n) is 6.51. The van der Waals surface area contributed by atoms with Crippen LogP contribution >= 0.6 is 0 Å². The summed E-state index contributed by atoms with van der Waals surface area (Å²) < 4.78 is 0. The topological polar surface area (TPSA) is 82.3 Å². The van der Waals surface area contributed by atoms with Crippen LogP contribution in [0.25, 0.3) is 10.9 Å². The minimum Gasteiger partial charge on any atom is -0.508 e. The Balaban J connectivity index is 2.24. The fraction of sp³-hybridized carbons (Fsp3) is 0.467. The van der Waals surface area contributed by atoms with Gasteiger partial charge < -0.3 is 20.9 Å². The van der Waals surface area contributed by atoms with Crippen LogP contribution in [0.2, 0.25) is 0 Å². The van der Waals surface area contributed by atoms with Crippen molar-refractivity contribution in [3.8, 4) is 5.75 Å². The monoisotopic (exact) mass is 262 g/mol. The first-order valence-corrected chi connectivity index (χ1v) is 6.51. The SMILES string of the molecule is CC(C)(C)C(O)[C@@H](N)Cc1c[nH]c2ccc(O)cc12. The molecule has 5 N–H and O–H groups in total. The van der Waals surface area contributed by atoms with Crippen LogP contribution in [0.5, 0.6) is 5.75 Å². The molecule has 0 saturated carbocycles. The highest BCUT2D eigenvalue weighted by Gasteiger charge is 2.28. The lowest BCUT2D eigenvalue weighted by molar-refractivity contribution is 0.0407. The van der Waals surface area contributed by atoms with E-state index >= 15 is 0 Å². The van der Waals surface area contributed by atoms with Crippen LogP contribution in [0, 0.1) is 5.41 Å². The van der Waals surface area contributed by atoms with Gasteiger partial charge in [0, 0.05) is 23.1 Å². The van der Waals surface area contributed by atoms with Crippen molar-refractivity contribution in [3.05, 3.63) is 30.0 Å². The molecule has 0 saturated heterocycles. The van der Waals surface area contributed by atoms with E-state index in [1.54, 1.807) is 12.1 Å². The lowest BCUT2D eigenvalue weighted by Crippen LogP contribution is -2.44. The van der Waals surface area contributed by atoms with Gasteiger partial charge in [-0.2, -0.15) is 0 Å². The van der Waals surface area contributed by atoms with Gasteiger partial charge in [0.05, 0.1) is 6.10 Å². The van der Waals surface area contributed by atoms with Gasteiger partial charge in [0.2, 0.25) is 0 Å². The molecule has 1 unspecified atom stereocenters. The number of nitrogens with one attached hydrogen (secondary N) is 1. The Morgan fingerprint density at radius 1 is 1.32 bits per heavy atom. The maximum atomic E-state index is 10.2. The highest BCUT2D eigenvalue weighted by Crippen LogP contribution is 2.26. The van der Waals surface area contributed by atoms with Gasteiger partial charge in [-0.05, 0) is 35.6 Å². The molecule has 4 heteroatoms. The van der Waals surface area contributed by atoms with E-state index in [0.29, 0.717) is 6.42 Å². The zero-order valence-electron chi connectivity index (χ0n) is 11.6. The van der Waals surface area contributed by atoms with E-state index < -0.39 is 6.10 Å². The van der Waals surface area contributed by atoms with Crippen molar-refractivity contribution in [2.45, 2.75) is 39.3 Å². The third-order valence-electron chi connectivity index (χ3n) is 3.50. The van der Waals surface area contributed by atoms with Crippen molar-refractivity contribution >= 4 is 10.9 Å². The number of hydrogen-bond donors (Lipinski definition) is 4. The van der Waals surface area contributed by atoms with Crippen molar-refractivity contribution in [2.24, 2.45) is 11.1 Å². The maximum Gasteiger partial charge on any atom is 0.116 e. The Labute approximate surface area is 113 Å². The highest BCUT2D eigenvalue weighted by atomic mass is 16.3. The van der Waals surface area contributed by atoms with E-state index in [2.05, 4.69) is 4.98 Å². The molecule has 0 spiro atoms. The number of aromatic nitrogens is 1. The van der Waals surface area contributed by atoms with Crippen LogP contribution < -0.4 is 5.73 Å². The summed E-state index contributed by atoms with van der Waals surface area (Å²) in [7, 11) is 0. The van der Waals surface area contributed by atoms with Crippen LogP contribution in [0.3, 0.4) is 0 Å². The van der Waals surface area contributed by atoms with E-state index in [-0.39, 0.29) is 17.2 Å². The predicted molar refractivity (Wildman–Crippen MR) is 77.1 cm³/mol. The lowest BCUT2D eigenvalue weighted by atomic mass is 9.83. The van der Waals surface area contributed by atoms with Gasteiger partial charge in [0.1, 0.15) is 5.75 Å². The van der Waals surface area contributed by atoms with Gasteiger partial charge >= 0.3 is 0 Å². The van der Waals surface area contributed by atoms with Crippen LogP contribution in [-0.4, -0.2) is 27.3 Å². The predicted octanol–water partition coefficient (Wildman–Crippen LogP) is 2.15. The average Bonchev–Trinajstić information content (AvgIpc) is 2.69. The number of nitrogens with two attached hydrogens (primary N) is 1. The molecule has 2 aromatic rings. The van der Waals surface area contributed by atoms with Crippen LogP contribution in [0.1, 0.15) is 26.3 Å². The van der Waals surface area contributed by atoms with Gasteiger partial charge in [-0.1, -0.05) is 20.8 Å². The van der Waals surface area contributed by atoms with E-state index in [9.17, 15) is 10.2 Å². The largest absolute Gasteiger partial charge is 0.508 e. The Morgan fingerprint density at radius 2 is 2.00 bits per heavy atom. The van der Waals surface area contributed by atoms with Gasteiger partial charge in [-0.3, -0.25) is 0 Å². The van der Waals surface area contributed by atoms with Crippen LogP contribution in [0.4, 0.5) is 0 Å². The summed E-state index contributed by atoms with van der Waals surface area (Å²) in [5, 5.41) is 20.7. The molecule has 0 aliphatic carbocycles. The maximum absolute atomic E-state index is 10.2. The van der Waals surface area contributed by atoms with E-state index in [1.807, 2.05) is 33.0 Å². The molecule has 2 atom stereocenters. The number of aliphatic hydroxyl groups is 1. The molecule has 19 heavy (non-hydrogen) atoms. The van der Waals surface area contributed by atoms with Gasteiger partial charge in [-0.25, -0.2) is 0 Å². The highest BCUT2D eigenvalue weighted by molar-refractivity contribution is 5.84. The number of phenolic OH excluding ortho intramolecular Hbond substituents is 1. The second kappa shape index (κ2) is 4.87. The quantitative estimate of drug-likeness (QED) is 0.684. The normalized spacial score (nSPS) is 15.6. The summed E-state index contributed by atoms with van der Waals surface area (Å²) in [6.07, 6.45) is 1.89. The fourth-order valence-electron chi connectivity index (χ4n) is 2.34. The number of hydrogen-bond acceptors (Lipinski definition) is 3. The summed E-state index contributed by atoms with van der Waals surface area (Å²) in [5.41, 5.74) is 7.83. The fourth-order valence-corrected chi connectivity index (χ4v) is 2.34. The summed E-state index contributed by atoms with van der Waals surface area (Å²) in [5.74, 6) is 0.235. The summed E-state index contributed by atoms with van der Waals surface area (Å²) in [6.45, 7) is 5.91. The number of rotatable bonds is 3. The molecular weight excluding hydrogens is 240 g/mol. The zero-order valence-corrected chi connectivity index (χ0v) is 11.6. The molecule has 0 aliphatic heterocycles. The summed E-state index contributed by atoms with van der Waals surface area (Å²) >= 11 is 0. The third kappa shape index (κ3) is 2.91. The number of aromatic hydroxyl groups is 1. The molecule has 0 bridgehead atoms. The van der Waals surface area contributed by atoms with Gasteiger partial charge in [0.25, 0.3) is 0 Å². The Morgan fingerprint density at radius 3 is 2.63 bits per heavy atom. The van der Waals surface area contributed by atoms with Crippen molar-refractivity contribution in [3.63, 3.8) is 0 Å². The summed E-state index contributed by atoms with van der Waals surface area (Å²) in [6, 6.07) is 4.87. The molecule has 0 aliphatic rings. The molecule has 1 aromatic carbocycles. The number of fused-ring (bicyclic) bond motifs is 1. The van der Waals surface area contributed by atoms with Crippen molar-refractivity contribution in [2.75, 3.05) is 0 Å².